The van der Waals surface area contributed by atoms with Crippen molar-refractivity contribution >= 4 is 12.0 Å². The standard InChI is InChI=1S/C10H21N3O4/c1-7(13(2)3)6-11-10(17)12-8(4-5-14)9(15)16/h7-8,14H,4-6H2,1-3H3,(H,15,16)(H2,11,12,17)/t7?,8-/m0/s1. The summed E-state index contributed by atoms with van der Waals surface area (Å²) in [6, 6.07) is -1.45. The number of urea groups is 1. The van der Waals surface area contributed by atoms with E-state index in [2.05, 4.69) is 10.6 Å². The monoisotopic (exact) mass is 247 g/mol. The molecule has 0 aliphatic heterocycles. The Balaban J connectivity index is 4.02. The zero-order valence-corrected chi connectivity index (χ0v) is 10.4. The lowest BCUT2D eigenvalue weighted by Gasteiger charge is -2.21. The molecule has 0 aromatic heterocycles. The first kappa shape index (κ1) is 15.7. The summed E-state index contributed by atoms with van der Waals surface area (Å²) in [5.41, 5.74) is 0. The summed E-state index contributed by atoms with van der Waals surface area (Å²) in [5.74, 6) is -1.16. The van der Waals surface area contributed by atoms with E-state index < -0.39 is 18.0 Å². The van der Waals surface area contributed by atoms with E-state index in [0.29, 0.717) is 6.54 Å². The van der Waals surface area contributed by atoms with Crippen molar-refractivity contribution in [3.63, 3.8) is 0 Å². The third-order valence-corrected chi connectivity index (χ3v) is 2.46. The first-order valence-electron chi connectivity index (χ1n) is 5.43. The van der Waals surface area contributed by atoms with Gasteiger partial charge in [0.15, 0.2) is 0 Å². The predicted octanol–water partition coefficient (Wildman–Crippen LogP) is -0.929. The Hall–Kier alpha value is -1.34. The lowest BCUT2D eigenvalue weighted by Crippen LogP contribution is -2.49. The van der Waals surface area contributed by atoms with E-state index in [-0.39, 0.29) is 19.1 Å². The van der Waals surface area contributed by atoms with Gasteiger partial charge in [0.05, 0.1) is 0 Å². The van der Waals surface area contributed by atoms with Crippen molar-refractivity contribution < 1.29 is 19.8 Å². The minimum Gasteiger partial charge on any atom is -0.480 e. The Morgan fingerprint density at radius 1 is 1.35 bits per heavy atom. The van der Waals surface area contributed by atoms with Gasteiger partial charge in [-0.3, -0.25) is 0 Å². The second kappa shape index (κ2) is 7.86. The molecule has 0 aliphatic carbocycles. The highest BCUT2D eigenvalue weighted by Gasteiger charge is 2.19. The molecule has 0 fully saturated rings. The minimum absolute atomic E-state index is 0.00795. The van der Waals surface area contributed by atoms with Gasteiger partial charge in [-0.05, 0) is 21.0 Å². The van der Waals surface area contributed by atoms with Crippen molar-refractivity contribution in [2.24, 2.45) is 0 Å². The number of carbonyl (C=O) groups excluding carboxylic acids is 1. The number of carbonyl (C=O) groups is 2. The minimum atomic E-state index is -1.16. The molecule has 0 spiro atoms. The van der Waals surface area contributed by atoms with Gasteiger partial charge >= 0.3 is 12.0 Å². The van der Waals surface area contributed by atoms with Crippen LogP contribution in [-0.2, 0) is 4.79 Å². The van der Waals surface area contributed by atoms with E-state index in [9.17, 15) is 9.59 Å². The number of hydrogen-bond acceptors (Lipinski definition) is 4. The number of nitrogens with zero attached hydrogens (tertiary/aromatic N) is 1. The van der Waals surface area contributed by atoms with Crippen LogP contribution in [0.2, 0.25) is 0 Å². The van der Waals surface area contributed by atoms with Gasteiger partial charge in [0, 0.05) is 25.6 Å². The number of aliphatic hydroxyl groups excluding tert-OH is 1. The first-order valence-corrected chi connectivity index (χ1v) is 5.43. The molecule has 2 atom stereocenters. The lowest BCUT2D eigenvalue weighted by molar-refractivity contribution is -0.139. The zero-order valence-electron chi connectivity index (χ0n) is 10.4. The molecule has 1 unspecified atom stereocenters. The molecule has 0 heterocycles. The fourth-order valence-corrected chi connectivity index (χ4v) is 1.02. The highest BCUT2D eigenvalue weighted by molar-refractivity contribution is 5.82. The number of aliphatic carboxylic acids is 1. The van der Waals surface area contributed by atoms with Gasteiger partial charge in [-0.2, -0.15) is 0 Å². The maximum Gasteiger partial charge on any atom is 0.326 e. The fourth-order valence-electron chi connectivity index (χ4n) is 1.02. The Labute approximate surface area is 101 Å². The molecular weight excluding hydrogens is 226 g/mol. The van der Waals surface area contributed by atoms with E-state index >= 15 is 0 Å². The highest BCUT2D eigenvalue weighted by atomic mass is 16.4. The third kappa shape index (κ3) is 6.75. The molecule has 0 saturated carbocycles. The van der Waals surface area contributed by atoms with E-state index in [1.54, 1.807) is 0 Å². The molecule has 0 aromatic rings. The number of hydrogen-bond donors (Lipinski definition) is 4. The van der Waals surface area contributed by atoms with Crippen molar-refractivity contribution in [2.45, 2.75) is 25.4 Å². The number of amides is 2. The molecule has 17 heavy (non-hydrogen) atoms. The van der Waals surface area contributed by atoms with Crippen LogP contribution in [0.25, 0.3) is 0 Å². The molecule has 4 N–H and O–H groups in total. The van der Waals surface area contributed by atoms with Crippen molar-refractivity contribution in [3.8, 4) is 0 Å². The molecule has 0 aromatic carbocycles. The molecule has 0 rings (SSSR count). The Morgan fingerprint density at radius 2 is 1.94 bits per heavy atom. The summed E-state index contributed by atoms with van der Waals surface area (Å²) in [4.78, 5) is 24.0. The largest absolute Gasteiger partial charge is 0.480 e. The molecule has 0 radical (unpaired) electrons. The zero-order chi connectivity index (χ0) is 13.4. The fraction of sp³-hybridized carbons (Fsp3) is 0.800. The second-order valence-corrected chi connectivity index (χ2v) is 4.07. The molecule has 2 amide bonds. The van der Waals surface area contributed by atoms with Crippen LogP contribution in [0.15, 0.2) is 0 Å². The highest BCUT2D eigenvalue weighted by Crippen LogP contribution is 1.92. The Morgan fingerprint density at radius 3 is 2.35 bits per heavy atom. The maximum atomic E-state index is 11.4. The number of aliphatic hydroxyl groups is 1. The average molecular weight is 247 g/mol. The van der Waals surface area contributed by atoms with Crippen molar-refractivity contribution in [1.82, 2.24) is 15.5 Å². The number of carboxylic acid groups (broad SMARTS) is 1. The molecule has 100 valence electrons. The van der Waals surface area contributed by atoms with Crippen LogP contribution < -0.4 is 10.6 Å². The van der Waals surface area contributed by atoms with E-state index in [0.717, 1.165) is 0 Å². The molecule has 7 heteroatoms. The van der Waals surface area contributed by atoms with Crippen LogP contribution in [0.4, 0.5) is 4.79 Å². The molecule has 0 saturated heterocycles. The van der Waals surface area contributed by atoms with Crippen molar-refractivity contribution in [2.75, 3.05) is 27.2 Å². The van der Waals surface area contributed by atoms with Crippen LogP contribution in [-0.4, -0.2) is 66.4 Å². The van der Waals surface area contributed by atoms with E-state index in [4.69, 9.17) is 10.2 Å². The van der Waals surface area contributed by atoms with Crippen LogP contribution >= 0.6 is 0 Å². The Kier molecular flexibility index (Phi) is 7.24. The second-order valence-electron chi connectivity index (χ2n) is 4.07. The summed E-state index contributed by atoms with van der Waals surface area (Å²) in [5, 5.41) is 22.3. The van der Waals surface area contributed by atoms with Gasteiger partial charge in [0.2, 0.25) is 0 Å². The SMILES string of the molecule is CC(CNC(=O)N[C@@H](CCO)C(=O)O)N(C)C. The summed E-state index contributed by atoms with van der Waals surface area (Å²) in [6.45, 7) is 2.07. The Bertz CT molecular complexity index is 258. The van der Waals surface area contributed by atoms with Gasteiger partial charge in [0.25, 0.3) is 0 Å². The molecule has 0 bridgehead atoms. The quantitative estimate of drug-likeness (QED) is 0.465. The average Bonchev–Trinajstić information content (AvgIpc) is 2.24. The maximum absolute atomic E-state index is 11.4. The topological polar surface area (TPSA) is 102 Å². The number of nitrogens with one attached hydrogen (secondary N) is 2. The van der Waals surface area contributed by atoms with Crippen molar-refractivity contribution in [3.05, 3.63) is 0 Å². The van der Waals surface area contributed by atoms with E-state index in [1.807, 2.05) is 25.9 Å². The van der Waals surface area contributed by atoms with E-state index in [1.165, 1.54) is 0 Å². The van der Waals surface area contributed by atoms with Crippen LogP contribution in [0.3, 0.4) is 0 Å². The third-order valence-electron chi connectivity index (χ3n) is 2.46. The van der Waals surface area contributed by atoms with Gasteiger partial charge in [-0.15, -0.1) is 0 Å². The van der Waals surface area contributed by atoms with Crippen LogP contribution in [0.1, 0.15) is 13.3 Å². The predicted molar refractivity (Wildman–Crippen MR) is 62.8 cm³/mol. The molecule has 7 nitrogen and oxygen atoms in total. The summed E-state index contributed by atoms with van der Waals surface area (Å²) in [7, 11) is 3.77. The lowest BCUT2D eigenvalue weighted by atomic mass is 10.2. The first-order chi connectivity index (χ1) is 7.88. The van der Waals surface area contributed by atoms with Gasteiger partial charge in [-0.1, -0.05) is 0 Å². The summed E-state index contributed by atoms with van der Waals surface area (Å²) >= 11 is 0. The number of carboxylic acids is 1. The van der Waals surface area contributed by atoms with Crippen molar-refractivity contribution in [1.29, 1.82) is 0 Å². The number of rotatable bonds is 7. The van der Waals surface area contributed by atoms with Gasteiger partial charge in [-0.25, -0.2) is 9.59 Å². The molecule has 0 aliphatic rings. The number of likely N-dealkylation sites (N-methyl/N-ethyl adjacent to an activating group) is 1. The van der Waals surface area contributed by atoms with Gasteiger partial charge < -0.3 is 25.7 Å². The normalized spacial score (nSPS) is 14.2. The summed E-state index contributed by atoms with van der Waals surface area (Å²) in [6.07, 6.45) is -0.00795. The summed E-state index contributed by atoms with van der Waals surface area (Å²) < 4.78 is 0. The smallest absolute Gasteiger partial charge is 0.326 e. The van der Waals surface area contributed by atoms with Crippen LogP contribution in [0, 0.1) is 0 Å². The van der Waals surface area contributed by atoms with Gasteiger partial charge in [0.1, 0.15) is 6.04 Å². The molecular formula is C10H21N3O4. The van der Waals surface area contributed by atoms with Crippen LogP contribution in [0.5, 0.6) is 0 Å².